The summed E-state index contributed by atoms with van der Waals surface area (Å²) in [6.45, 7) is 13.5. The Balaban J connectivity index is 2.45. The lowest BCUT2D eigenvalue weighted by molar-refractivity contribution is 0.191. The van der Waals surface area contributed by atoms with Gasteiger partial charge in [0.25, 0.3) is 0 Å². The molecular formula is C27H46N4O2. The number of rotatable bonds is 17. The average Bonchev–Trinajstić information content (AvgIpc) is 3.06. The normalized spacial score (nSPS) is 11.7. The molecule has 0 radical (unpaired) electrons. The highest BCUT2D eigenvalue weighted by atomic mass is 16.3. The Bertz CT molecular complexity index is 828. The Morgan fingerprint density at radius 1 is 0.697 bits per heavy atom. The Morgan fingerprint density at radius 3 is 1.55 bits per heavy atom. The molecule has 33 heavy (non-hydrogen) atoms. The molecule has 0 fully saturated rings. The van der Waals surface area contributed by atoms with Crippen LogP contribution in [0, 0.1) is 0 Å². The largest absolute Gasteiger partial charge is 0.493 e. The number of benzene rings is 1. The lowest BCUT2D eigenvalue weighted by Crippen LogP contribution is -2.37. The number of nitrogens with zero attached hydrogens (tertiary/aromatic N) is 4. The first-order valence-corrected chi connectivity index (χ1v) is 13.1. The molecule has 6 heteroatoms. The van der Waals surface area contributed by atoms with Gasteiger partial charge in [0.15, 0.2) is 0 Å². The molecule has 0 amide bonds. The van der Waals surface area contributed by atoms with Crippen molar-refractivity contribution in [3.05, 3.63) is 40.8 Å². The maximum absolute atomic E-state index is 13.7. The highest BCUT2D eigenvalue weighted by Gasteiger charge is 2.23. The maximum Gasteiger partial charge on any atom is 0.333 e. The first-order chi connectivity index (χ1) is 16.1. The van der Waals surface area contributed by atoms with Gasteiger partial charge in [0.2, 0.25) is 5.88 Å². The van der Waals surface area contributed by atoms with E-state index >= 15 is 0 Å². The maximum atomic E-state index is 13.7. The van der Waals surface area contributed by atoms with Gasteiger partial charge in [-0.15, -0.1) is 0 Å². The molecule has 0 aliphatic rings. The van der Waals surface area contributed by atoms with Crippen LogP contribution < -0.4 is 5.69 Å². The number of hydrogen-bond donors (Lipinski definition) is 1. The smallest absolute Gasteiger partial charge is 0.333 e. The third-order valence-electron chi connectivity index (χ3n) is 6.24. The molecule has 0 aliphatic heterocycles. The van der Waals surface area contributed by atoms with E-state index in [4.69, 9.17) is 0 Å². The molecule has 2 rings (SSSR count). The fourth-order valence-corrected chi connectivity index (χ4v) is 4.15. The van der Waals surface area contributed by atoms with Crippen LogP contribution in [0.15, 0.2) is 35.1 Å². The number of unbranched alkanes of at least 4 members (excludes halogenated alkanes) is 4. The van der Waals surface area contributed by atoms with Crippen molar-refractivity contribution < 1.29 is 5.11 Å². The first kappa shape index (κ1) is 27.2. The van der Waals surface area contributed by atoms with E-state index in [9.17, 15) is 9.90 Å². The lowest BCUT2D eigenvalue weighted by atomic mass is 10.1. The summed E-state index contributed by atoms with van der Waals surface area (Å²) in [5, 5.41) is 11.3. The van der Waals surface area contributed by atoms with Gasteiger partial charge >= 0.3 is 5.69 Å². The predicted octanol–water partition coefficient (Wildman–Crippen LogP) is 5.74. The van der Waals surface area contributed by atoms with E-state index in [0.29, 0.717) is 19.0 Å². The van der Waals surface area contributed by atoms with Crippen LogP contribution in [0.4, 0.5) is 0 Å². The van der Waals surface area contributed by atoms with Crippen molar-refractivity contribution in [3.63, 3.8) is 0 Å². The Labute approximate surface area is 200 Å². The van der Waals surface area contributed by atoms with Gasteiger partial charge in [0.05, 0.1) is 13.3 Å². The van der Waals surface area contributed by atoms with Crippen molar-refractivity contribution >= 4 is 0 Å². The van der Waals surface area contributed by atoms with Crippen molar-refractivity contribution in [1.82, 2.24) is 18.9 Å². The second-order valence-corrected chi connectivity index (χ2v) is 9.11. The van der Waals surface area contributed by atoms with Gasteiger partial charge < -0.3 is 5.11 Å². The minimum atomic E-state index is -0.123. The minimum Gasteiger partial charge on any atom is -0.493 e. The molecule has 1 aromatic heterocycles. The standard InChI is InChI=1S/C27H46N4O2/c1-5-9-18-28(19-10-6-2)22-30-25(24-16-14-13-15-17-24)26(32)31(27(30)33)23-29(20-11-7-3)21-12-8-4/h13-17,32H,5-12,18-23H2,1-4H3. The van der Waals surface area contributed by atoms with E-state index < -0.39 is 0 Å². The highest BCUT2D eigenvalue weighted by Crippen LogP contribution is 2.29. The van der Waals surface area contributed by atoms with E-state index in [0.717, 1.165) is 83.1 Å². The van der Waals surface area contributed by atoms with Crippen LogP contribution in [0.5, 0.6) is 5.88 Å². The molecule has 1 N–H and O–H groups in total. The van der Waals surface area contributed by atoms with Crippen LogP contribution in [-0.4, -0.2) is 50.2 Å². The summed E-state index contributed by atoms with van der Waals surface area (Å²) in [6, 6.07) is 9.84. The van der Waals surface area contributed by atoms with Crippen LogP contribution in [-0.2, 0) is 13.3 Å². The topological polar surface area (TPSA) is 53.6 Å². The van der Waals surface area contributed by atoms with Gasteiger partial charge in [-0.05, 0) is 51.9 Å². The Morgan fingerprint density at radius 2 is 1.12 bits per heavy atom. The van der Waals surface area contributed by atoms with Crippen molar-refractivity contribution in [2.24, 2.45) is 0 Å². The zero-order chi connectivity index (χ0) is 24.1. The van der Waals surface area contributed by atoms with Gasteiger partial charge in [0.1, 0.15) is 5.69 Å². The monoisotopic (exact) mass is 458 g/mol. The molecule has 0 saturated heterocycles. The molecule has 0 bridgehead atoms. The number of aromatic nitrogens is 2. The summed E-state index contributed by atoms with van der Waals surface area (Å²) in [4.78, 5) is 18.3. The lowest BCUT2D eigenvalue weighted by Gasteiger charge is -2.23. The average molecular weight is 459 g/mol. The van der Waals surface area contributed by atoms with Gasteiger partial charge in [-0.3, -0.25) is 14.4 Å². The molecule has 186 valence electrons. The zero-order valence-corrected chi connectivity index (χ0v) is 21.4. The second kappa shape index (κ2) is 15.0. The first-order valence-electron chi connectivity index (χ1n) is 13.1. The van der Waals surface area contributed by atoms with Crippen molar-refractivity contribution in [2.75, 3.05) is 26.2 Å². The van der Waals surface area contributed by atoms with Crippen LogP contribution >= 0.6 is 0 Å². The van der Waals surface area contributed by atoms with E-state index in [-0.39, 0.29) is 11.6 Å². The van der Waals surface area contributed by atoms with Crippen LogP contribution in [0.3, 0.4) is 0 Å². The second-order valence-electron chi connectivity index (χ2n) is 9.11. The van der Waals surface area contributed by atoms with Crippen LogP contribution in [0.2, 0.25) is 0 Å². The number of aromatic hydroxyl groups is 1. The predicted molar refractivity (Wildman–Crippen MR) is 139 cm³/mol. The van der Waals surface area contributed by atoms with Crippen LogP contribution in [0.1, 0.15) is 79.1 Å². The van der Waals surface area contributed by atoms with E-state index in [1.165, 1.54) is 0 Å². The number of imidazole rings is 1. The molecular weight excluding hydrogens is 412 g/mol. The fourth-order valence-electron chi connectivity index (χ4n) is 4.15. The van der Waals surface area contributed by atoms with E-state index in [1.807, 2.05) is 30.3 Å². The van der Waals surface area contributed by atoms with Gasteiger partial charge in [-0.25, -0.2) is 9.36 Å². The molecule has 0 aliphatic carbocycles. The molecule has 0 spiro atoms. The summed E-state index contributed by atoms with van der Waals surface area (Å²) < 4.78 is 3.36. The van der Waals surface area contributed by atoms with E-state index in [2.05, 4.69) is 37.5 Å². The van der Waals surface area contributed by atoms with Gasteiger partial charge in [-0.2, -0.15) is 0 Å². The third-order valence-corrected chi connectivity index (χ3v) is 6.24. The molecule has 1 heterocycles. The summed E-state index contributed by atoms with van der Waals surface area (Å²) in [5.41, 5.74) is 1.39. The molecule has 6 nitrogen and oxygen atoms in total. The minimum absolute atomic E-state index is 0.0788. The van der Waals surface area contributed by atoms with Gasteiger partial charge in [-0.1, -0.05) is 83.7 Å². The zero-order valence-electron chi connectivity index (χ0n) is 21.4. The molecule has 1 aromatic carbocycles. The molecule has 0 unspecified atom stereocenters. The summed E-state index contributed by atoms with van der Waals surface area (Å²) >= 11 is 0. The summed E-state index contributed by atoms with van der Waals surface area (Å²) in [7, 11) is 0. The quantitative estimate of drug-likeness (QED) is 0.328. The molecule has 0 atom stereocenters. The number of hydrogen-bond acceptors (Lipinski definition) is 4. The van der Waals surface area contributed by atoms with Crippen molar-refractivity contribution in [1.29, 1.82) is 0 Å². The van der Waals surface area contributed by atoms with E-state index in [1.54, 1.807) is 9.13 Å². The molecule has 0 saturated carbocycles. The Hall–Kier alpha value is -2.05. The Kier molecular flexibility index (Phi) is 12.3. The van der Waals surface area contributed by atoms with Crippen molar-refractivity contribution in [3.8, 4) is 17.1 Å². The highest BCUT2D eigenvalue weighted by molar-refractivity contribution is 5.65. The summed E-state index contributed by atoms with van der Waals surface area (Å²) in [6.07, 6.45) is 8.87. The summed E-state index contributed by atoms with van der Waals surface area (Å²) in [5.74, 6) is 0.0788. The fraction of sp³-hybridized carbons (Fsp3) is 0.667. The molecule has 2 aromatic rings. The SMILES string of the molecule is CCCCN(CCCC)Cn1c(O)c(-c2ccccc2)n(CN(CCCC)CCCC)c1=O. The van der Waals surface area contributed by atoms with Crippen molar-refractivity contribution in [2.45, 2.75) is 92.4 Å². The van der Waals surface area contributed by atoms with Gasteiger partial charge in [0, 0.05) is 5.56 Å². The van der Waals surface area contributed by atoms with Crippen LogP contribution in [0.25, 0.3) is 11.3 Å². The third kappa shape index (κ3) is 8.04.